The molecule has 0 aliphatic heterocycles. The fourth-order valence-electron chi connectivity index (χ4n) is 3.27. The highest BCUT2D eigenvalue weighted by molar-refractivity contribution is 7.88. The molecule has 5 N–H and O–H groups in total. The molecule has 0 fully saturated rings. The number of carbonyl (C=O) groups excluding carboxylic acids is 1. The quantitative estimate of drug-likeness (QED) is 0.0925. The number of esters is 1. The van der Waals surface area contributed by atoms with E-state index in [1.807, 2.05) is 20.8 Å². The Labute approximate surface area is 223 Å². The smallest absolute Gasteiger partial charge is 0.328 e. The maximum atomic E-state index is 11.7. The fraction of sp³-hybridized carbons (Fsp3) is 0.818. The number of unbranched alkanes of at least 4 members (excludes halogenated alkanes) is 2. The van der Waals surface area contributed by atoms with E-state index in [9.17, 15) is 36.0 Å². The van der Waals surface area contributed by atoms with Gasteiger partial charge in [-0.05, 0) is 39.0 Å². The van der Waals surface area contributed by atoms with E-state index >= 15 is 0 Å². The van der Waals surface area contributed by atoms with Gasteiger partial charge < -0.3 is 20.1 Å². The summed E-state index contributed by atoms with van der Waals surface area (Å²) in [5.41, 5.74) is -0.908. The van der Waals surface area contributed by atoms with Gasteiger partial charge in [0, 0.05) is 0 Å². The van der Waals surface area contributed by atoms with Crippen LogP contribution in [0.25, 0.3) is 0 Å². The number of hydrogen-bond donors (Lipinski definition) is 5. The highest BCUT2D eigenvalue weighted by Gasteiger charge is 2.51. The molecular weight excluding hydrogens is 552 g/mol. The number of carbonyl (C=O) groups is 4. The van der Waals surface area contributed by atoms with Gasteiger partial charge in [0.25, 0.3) is 20.2 Å². The third-order valence-corrected chi connectivity index (χ3v) is 8.01. The van der Waals surface area contributed by atoms with Crippen molar-refractivity contribution in [2.24, 2.45) is 5.92 Å². The second kappa shape index (κ2) is 16.0. The van der Waals surface area contributed by atoms with Crippen molar-refractivity contribution < 1.29 is 65.2 Å². The molecule has 0 aromatic heterocycles. The molecule has 0 aliphatic carbocycles. The van der Waals surface area contributed by atoms with Crippen LogP contribution in [-0.2, 0) is 44.2 Å². The van der Waals surface area contributed by atoms with E-state index in [1.54, 1.807) is 13.8 Å². The first-order valence-corrected chi connectivity index (χ1v) is 14.8. The molecule has 2 atom stereocenters. The molecule has 0 aromatic rings. The lowest BCUT2D eigenvalue weighted by Crippen LogP contribution is -2.48. The van der Waals surface area contributed by atoms with Gasteiger partial charge in [-0.1, -0.05) is 46.5 Å². The van der Waals surface area contributed by atoms with E-state index in [0.29, 0.717) is 18.8 Å². The molecule has 14 nitrogen and oxygen atoms in total. The van der Waals surface area contributed by atoms with Crippen molar-refractivity contribution in [3.63, 3.8) is 0 Å². The summed E-state index contributed by atoms with van der Waals surface area (Å²) in [5, 5.41) is 24.1. The molecule has 0 amide bonds. The van der Waals surface area contributed by atoms with Crippen LogP contribution in [0.4, 0.5) is 0 Å². The van der Waals surface area contributed by atoms with Crippen LogP contribution in [0.3, 0.4) is 0 Å². The fourth-order valence-corrected chi connectivity index (χ4v) is 4.84. The standard InChI is InChI=1S/2C11H20O7S/c1-8(2)5-3-4-6-11(10(14)15,7-9(12)13)19(16,17)18;1-4-5-6-11(2,3)18-10(14)8(7-9(12)13)19(15,16)17/h8H,3-7H2,1-2H3,(H,12,13)(H,14,15)(H,16,17,18);8H,4-7H2,1-3H3,(H,12,13)(H,15,16,17). The Hall–Kier alpha value is -2.30. The number of ether oxygens (including phenoxy) is 1. The molecule has 2 unspecified atom stereocenters. The molecule has 0 saturated carbocycles. The average Bonchev–Trinajstić information content (AvgIpc) is 2.70. The van der Waals surface area contributed by atoms with Crippen LogP contribution >= 0.6 is 0 Å². The maximum Gasteiger partial charge on any atom is 0.328 e. The molecule has 0 aromatic carbocycles. The highest BCUT2D eigenvalue weighted by Crippen LogP contribution is 2.29. The molecule has 0 saturated heterocycles. The predicted molar refractivity (Wildman–Crippen MR) is 135 cm³/mol. The molecule has 0 spiro atoms. The summed E-state index contributed by atoms with van der Waals surface area (Å²) in [6, 6.07) is 0. The third kappa shape index (κ3) is 14.6. The van der Waals surface area contributed by atoms with Crippen molar-refractivity contribution in [1.82, 2.24) is 0 Å². The number of carboxylic acid groups (broad SMARTS) is 3. The van der Waals surface area contributed by atoms with Crippen LogP contribution in [0.5, 0.6) is 0 Å². The van der Waals surface area contributed by atoms with Gasteiger partial charge in [-0.3, -0.25) is 28.3 Å². The first-order valence-electron chi connectivity index (χ1n) is 11.9. The van der Waals surface area contributed by atoms with Crippen molar-refractivity contribution in [2.45, 2.75) is 108 Å². The van der Waals surface area contributed by atoms with Crippen molar-refractivity contribution in [3.05, 3.63) is 0 Å². The van der Waals surface area contributed by atoms with Gasteiger partial charge in [-0.25, -0.2) is 0 Å². The Morgan fingerprint density at radius 1 is 0.842 bits per heavy atom. The molecule has 0 rings (SSSR count). The largest absolute Gasteiger partial charge is 0.481 e. The van der Waals surface area contributed by atoms with E-state index in [0.717, 1.165) is 19.3 Å². The van der Waals surface area contributed by atoms with Crippen LogP contribution in [0, 0.1) is 5.92 Å². The highest BCUT2D eigenvalue weighted by atomic mass is 32.2. The van der Waals surface area contributed by atoms with Crippen molar-refractivity contribution in [1.29, 1.82) is 0 Å². The molecule has 0 aliphatic rings. The van der Waals surface area contributed by atoms with Crippen LogP contribution in [0.1, 0.15) is 92.4 Å². The van der Waals surface area contributed by atoms with E-state index < -0.39 is 79.0 Å². The number of aliphatic carboxylic acids is 3. The lowest BCUT2D eigenvalue weighted by atomic mass is 9.95. The molecule has 38 heavy (non-hydrogen) atoms. The predicted octanol–water partition coefficient (Wildman–Crippen LogP) is 2.62. The second-order valence-electron chi connectivity index (χ2n) is 9.87. The Kier molecular flexibility index (Phi) is 15.9. The summed E-state index contributed by atoms with van der Waals surface area (Å²) >= 11 is 0. The number of rotatable bonds is 17. The van der Waals surface area contributed by atoms with Gasteiger partial charge >= 0.3 is 23.9 Å². The van der Waals surface area contributed by atoms with Crippen LogP contribution in [0.15, 0.2) is 0 Å². The molecule has 0 radical (unpaired) electrons. The van der Waals surface area contributed by atoms with Gasteiger partial charge in [-0.15, -0.1) is 0 Å². The topological polar surface area (TPSA) is 247 Å². The first-order chi connectivity index (χ1) is 17.0. The Morgan fingerprint density at radius 3 is 1.71 bits per heavy atom. The minimum Gasteiger partial charge on any atom is -0.481 e. The van der Waals surface area contributed by atoms with Gasteiger partial charge in [-0.2, -0.15) is 16.8 Å². The van der Waals surface area contributed by atoms with Crippen LogP contribution < -0.4 is 0 Å². The van der Waals surface area contributed by atoms with Gasteiger partial charge in [0.15, 0.2) is 5.25 Å². The lowest BCUT2D eigenvalue weighted by molar-refractivity contribution is -0.158. The summed E-state index contributed by atoms with van der Waals surface area (Å²) < 4.78 is 64.8. The molecule has 16 heteroatoms. The Morgan fingerprint density at radius 2 is 1.37 bits per heavy atom. The van der Waals surface area contributed by atoms with E-state index in [-0.39, 0.29) is 6.42 Å². The summed E-state index contributed by atoms with van der Waals surface area (Å²) in [5.74, 6) is -5.78. The Bertz CT molecular complexity index is 1010. The van der Waals surface area contributed by atoms with Gasteiger partial charge in [0.2, 0.25) is 4.75 Å². The number of hydrogen-bond acceptors (Lipinski definition) is 9. The maximum absolute atomic E-state index is 11.7. The SMILES string of the molecule is CC(C)CCCCC(CC(=O)O)(C(=O)O)S(=O)(=O)O.CCCCC(C)(C)OC(=O)C(CC(=O)O)S(=O)(=O)O. The lowest BCUT2D eigenvalue weighted by Gasteiger charge is -2.26. The zero-order valence-corrected chi connectivity index (χ0v) is 23.9. The molecule has 0 heterocycles. The molecule has 224 valence electrons. The zero-order valence-electron chi connectivity index (χ0n) is 22.2. The number of carboxylic acids is 3. The van der Waals surface area contributed by atoms with Gasteiger partial charge in [0.1, 0.15) is 5.60 Å². The molecule has 0 bridgehead atoms. The zero-order chi connectivity index (χ0) is 30.5. The van der Waals surface area contributed by atoms with Crippen molar-refractivity contribution >= 4 is 44.1 Å². The third-order valence-electron chi connectivity index (χ3n) is 5.42. The molecular formula is C22H40O14S2. The van der Waals surface area contributed by atoms with E-state index in [1.165, 1.54) is 0 Å². The monoisotopic (exact) mass is 592 g/mol. The van der Waals surface area contributed by atoms with Gasteiger partial charge in [0.05, 0.1) is 12.8 Å². The minimum absolute atomic E-state index is 0.220. The first kappa shape index (κ1) is 37.9. The van der Waals surface area contributed by atoms with E-state index in [4.69, 9.17) is 29.2 Å². The summed E-state index contributed by atoms with van der Waals surface area (Å²) in [6.07, 6.45) is 1.13. The van der Waals surface area contributed by atoms with Crippen LogP contribution in [0.2, 0.25) is 0 Å². The van der Waals surface area contributed by atoms with Crippen molar-refractivity contribution in [3.8, 4) is 0 Å². The van der Waals surface area contributed by atoms with Crippen molar-refractivity contribution in [2.75, 3.05) is 0 Å². The normalized spacial score (nSPS) is 14.5. The van der Waals surface area contributed by atoms with E-state index in [2.05, 4.69) is 0 Å². The second-order valence-corrected chi connectivity index (χ2v) is 13.2. The minimum atomic E-state index is -5.00. The average molecular weight is 593 g/mol. The summed E-state index contributed by atoms with van der Waals surface area (Å²) in [4.78, 5) is 44.0. The Balaban J connectivity index is 0. The summed E-state index contributed by atoms with van der Waals surface area (Å²) in [7, 11) is -9.81. The summed E-state index contributed by atoms with van der Waals surface area (Å²) in [6.45, 7) is 9.07. The van der Waals surface area contributed by atoms with Crippen LogP contribution in [-0.4, -0.2) is 80.7 Å².